The predicted molar refractivity (Wildman–Crippen MR) is 91.5 cm³/mol. The van der Waals surface area contributed by atoms with Crippen LogP contribution in [0.2, 0.25) is 0 Å². The minimum Gasteiger partial charge on any atom is -0.481 e. The molecule has 120 valence electrons. The SMILES string of the molecule is CC(Oc1cccc2c1CCCC2)C(=O)NCc1ccccc1. The number of nitrogens with one attached hydrogen (secondary N) is 1. The number of carbonyl (C=O) groups is 1. The number of rotatable bonds is 5. The van der Waals surface area contributed by atoms with Crippen molar-refractivity contribution in [1.29, 1.82) is 0 Å². The summed E-state index contributed by atoms with van der Waals surface area (Å²) in [5, 5.41) is 2.94. The van der Waals surface area contributed by atoms with Crippen molar-refractivity contribution in [2.45, 2.75) is 45.3 Å². The molecule has 0 fully saturated rings. The Morgan fingerprint density at radius 1 is 1.09 bits per heavy atom. The molecular formula is C20H23NO2. The van der Waals surface area contributed by atoms with Gasteiger partial charge in [0.2, 0.25) is 0 Å². The average Bonchev–Trinajstić information content (AvgIpc) is 2.61. The lowest BCUT2D eigenvalue weighted by Crippen LogP contribution is -2.36. The highest BCUT2D eigenvalue weighted by atomic mass is 16.5. The average molecular weight is 309 g/mol. The summed E-state index contributed by atoms with van der Waals surface area (Å²) in [5.74, 6) is 0.784. The maximum Gasteiger partial charge on any atom is 0.261 e. The largest absolute Gasteiger partial charge is 0.481 e. The molecule has 1 aliphatic rings. The van der Waals surface area contributed by atoms with Crippen molar-refractivity contribution in [1.82, 2.24) is 5.32 Å². The van der Waals surface area contributed by atoms with Gasteiger partial charge in [-0.3, -0.25) is 4.79 Å². The highest BCUT2D eigenvalue weighted by Crippen LogP contribution is 2.30. The first-order valence-corrected chi connectivity index (χ1v) is 8.33. The minimum atomic E-state index is -0.493. The van der Waals surface area contributed by atoms with Gasteiger partial charge in [0, 0.05) is 6.54 Å². The van der Waals surface area contributed by atoms with Crippen LogP contribution in [-0.2, 0) is 24.2 Å². The molecule has 1 atom stereocenters. The van der Waals surface area contributed by atoms with E-state index < -0.39 is 6.10 Å². The van der Waals surface area contributed by atoms with E-state index in [2.05, 4.69) is 11.4 Å². The van der Waals surface area contributed by atoms with E-state index in [1.54, 1.807) is 0 Å². The topological polar surface area (TPSA) is 38.3 Å². The number of ether oxygens (including phenoxy) is 1. The number of benzene rings is 2. The first-order valence-electron chi connectivity index (χ1n) is 8.33. The fourth-order valence-electron chi connectivity index (χ4n) is 3.03. The Morgan fingerprint density at radius 3 is 2.70 bits per heavy atom. The summed E-state index contributed by atoms with van der Waals surface area (Å²) in [4.78, 5) is 12.3. The fraction of sp³-hybridized carbons (Fsp3) is 0.350. The lowest BCUT2D eigenvalue weighted by molar-refractivity contribution is -0.127. The second kappa shape index (κ2) is 7.32. The normalized spacial score (nSPS) is 14.7. The quantitative estimate of drug-likeness (QED) is 0.915. The summed E-state index contributed by atoms with van der Waals surface area (Å²) in [6, 6.07) is 16.1. The van der Waals surface area contributed by atoms with Crippen molar-refractivity contribution in [2.75, 3.05) is 0 Å². The molecule has 3 heteroatoms. The van der Waals surface area contributed by atoms with Gasteiger partial charge in [-0.25, -0.2) is 0 Å². The summed E-state index contributed by atoms with van der Waals surface area (Å²) >= 11 is 0. The van der Waals surface area contributed by atoms with Crippen LogP contribution in [0.15, 0.2) is 48.5 Å². The van der Waals surface area contributed by atoms with Crippen LogP contribution in [0.4, 0.5) is 0 Å². The number of carbonyl (C=O) groups excluding carboxylic acids is 1. The summed E-state index contributed by atoms with van der Waals surface area (Å²) in [7, 11) is 0. The van der Waals surface area contributed by atoms with E-state index in [9.17, 15) is 4.79 Å². The molecule has 0 radical (unpaired) electrons. The Morgan fingerprint density at radius 2 is 1.87 bits per heavy atom. The number of amides is 1. The van der Waals surface area contributed by atoms with E-state index in [0.29, 0.717) is 6.54 Å². The molecular weight excluding hydrogens is 286 g/mol. The van der Waals surface area contributed by atoms with Crippen molar-refractivity contribution in [3.8, 4) is 5.75 Å². The first-order chi connectivity index (χ1) is 11.2. The van der Waals surface area contributed by atoms with Gasteiger partial charge in [0.25, 0.3) is 5.91 Å². The van der Waals surface area contributed by atoms with Crippen LogP contribution in [0.25, 0.3) is 0 Å². The first kappa shape index (κ1) is 15.6. The number of hydrogen-bond donors (Lipinski definition) is 1. The molecule has 1 aliphatic carbocycles. The van der Waals surface area contributed by atoms with Crippen molar-refractivity contribution in [2.24, 2.45) is 0 Å². The zero-order chi connectivity index (χ0) is 16.1. The smallest absolute Gasteiger partial charge is 0.261 e. The highest BCUT2D eigenvalue weighted by Gasteiger charge is 2.19. The van der Waals surface area contributed by atoms with Crippen LogP contribution in [-0.4, -0.2) is 12.0 Å². The van der Waals surface area contributed by atoms with Crippen LogP contribution in [0, 0.1) is 0 Å². The van der Waals surface area contributed by atoms with Crippen LogP contribution < -0.4 is 10.1 Å². The van der Waals surface area contributed by atoms with Crippen molar-refractivity contribution >= 4 is 5.91 Å². The van der Waals surface area contributed by atoms with Crippen LogP contribution >= 0.6 is 0 Å². The van der Waals surface area contributed by atoms with Gasteiger partial charge in [0.05, 0.1) is 0 Å². The van der Waals surface area contributed by atoms with Crippen molar-refractivity contribution in [3.63, 3.8) is 0 Å². The van der Waals surface area contributed by atoms with Gasteiger partial charge in [-0.2, -0.15) is 0 Å². The third kappa shape index (κ3) is 3.92. The van der Waals surface area contributed by atoms with E-state index in [1.165, 1.54) is 24.0 Å². The Kier molecular flexibility index (Phi) is 4.96. The van der Waals surface area contributed by atoms with E-state index in [1.807, 2.05) is 49.4 Å². The van der Waals surface area contributed by atoms with E-state index in [-0.39, 0.29) is 5.91 Å². The van der Waals surface area contributed by atoms with Gasteiger partial charge in [0.15, 0.2) is 6.10 Å². The van der Waals surface area contributed by atoms with E-state index >= 15 is 0 Å². The molecule has 1 unspecified atom stereocenters. The maximum absolute atomic E-state index is 12.3. The molecule has 0 spiro atoms. The van der Waals surface area contributed by atoms with E-state index in [0.717, 1.165) is 24.2 Å². The third-order valence-corrected chi connectivity index (χ3v) is 4.34. The molecule has 0 heterocycles. The molecule has 1 amide bonds. The lowest BCUT2D eigenvalue weighted by atomic mass is 9.91. The highest BCUT2D eigenvalue weighted by molar-refractivity contribution is 5.80. The van der Waals surface area contributed by atoms with E-state index in [4.69, 9.17) is 4.74 Å². The van der Waals surface area contributed by atoms with Crippen LogP contribution in [0.3, 0.4) is 0 Å². The predicted octanol–water partition coefficient (Wildman–Crippen LogP) is 3.65. The lowest BCUT2D eigenvalue weighted by Gasteiger charge is -2.22. The zero-order valence-electron chi connectivity index (χ0n) is 13.5. The molecule has 0 bridgehead atoms. The van der Waals surface area contributed by atoms with Gasteiger partial charge < -0.3 is 10.1 Å². The third-order valence-electron chi connectivity index (χ3n) is 4.34. The molecule has 0 saturated carbocycles. The second-order valence-electron chi connectivity index (χ2n) is 6.06. The number of fused-ring (bicyclic) bond motifs is 1. The van der Waals surface area contributed by atoms with Gasteiger partial charge in [-0.1, -0.05) is 42.5 Å². The van der Waals surface area contributed by atoms with Gasteiger partial charge in [0.1, 0.15) is 5.75 Å². The Balaban J connectivity index is 1.60. The molecule has 1 N–H and O–H groups in total. The molecule has 3 rings (SSSR count). The molecule has 0 aliphatic heterocycles. The Bertz CT molecular complexity index is 667. The van der Waals surface area contributed by atoms with Crippen LogP contribution in [0.5, 0.6) is 5.75 Å². The monoisotopic (exact) mass is 309 g/mol. The minimum absolute atomic E-state index is 0.0812. The Labute approximate surface area is 137 Å². The fourth-order valence-corrected chi connectivity index (χ4v) is 3.03. The molecule has 0 saturated heterocycles. The summed E-state index contributed by atoms with van der Waals surface area (Å²) in [6.45, 7) is 2.34. The maximum atomic E-state index is 12.3. The summed E-state index contributed by atoms with van der Waals surface area (Å²) in [6.07, 6.45) is 4.10. The van der Waals surface area contributed by atoms with Gasteiger partial charge >= 0.3 is 0 Å². The molecule has 3 nitrogen and oxygen atoms in total. The Hall–Kier alpha value is -2.29. The standard InChI is InChI=1S/C20H23NO2/c1-15(20(22)21-14-16-8-3-2-4-9-16)23-19-13-7-11-17-10-5-6-12-18(17)19/h2-4,7-9,11,13,15H,5-6,10,12,14H2,1H3,(H,21,22). The zero-order valence-corrected chi connectivity index (χ0v) is 13.5. The van der Waals surface area contributed by atoms with Crippen LogP contribution in [0.1, 0.15) is 36.5 Å². The van der Waals surface area contributed by atoms with Crippen molar-refractivity contribution in [3.05, 3.63) is 65.2 Å². The molecule has 2 aromatic rings. The number of aryl methyl sites for hydroxylation is 1. The van der Waals surface area contributed by atoms with Crippen molar-refractivity contribution < 1.29 is 9.53 Å². The summed E-state index contributed by atoms with van der Waals surface area (Å²) in [5.41, 5.74) is 3.73. The van der Waals surface area contributed by atoms with Gasteiger partial charge in [-0.05, 0) is 55.4 Å². The molecule has 23 heavy (non-hydrogen) atoms. The molecule has 0 aromatic heterocycles. The molecule has 2 aromatic carbocycles. The second-order valence-corrected chi connectivity index (χ2v) is 6.06. The summed E-state index contributed by atoms with van der Waals surface area (Å²) < 4.78 is 5.95. The van der Waals surface area contributed by atoms with Gasteiger partial charge in [-0.15, -0.1) is 0 Å². The number of hydrogen-bond acceptors (Lipinski definition) is 2.